The van der Waals surface area contributed by atoms with Gasteiger partial charge in [0.2, 0.25) is 0 Å². The fraction of sp³-hybridized carbons (Fsp3) is 0.0256. The number of aromatic nitrogens is 12. The van der Waals surface area contributed by atoms with Crippen molar-refractivity contribution in [2.45, 2.75) is 19.3 Å². The third-order valence-electron chi connectivity index (χ3n) is 17.6. The van der Waals surface area contributed by atoms with Gasteiger partial charge < -0.3 is 14.9 Å². The number of hydrogen-bond donors (Lipinski definition) is 0. The van der Waals surface area contributed by atoms with Crippen molar-refractivity contribution in [3.63, 3.8) is 0 Å². The quantitative estimate of drug-likeness (QED) is 0.113. The van der Waals surface area contributed by atoms with Crippen LogP contribution in [0.4, 0.5) is 17.2 Å². The third kappa shape index (κ3) is 42.4. The number of para-hydroxylation sites is 2. The molecule has 0 aliphatic carbocycles. The van der Waals surface area contributed by atoms with Crippen molar-refractivity contribution >= 4 is 17.2 Å². The predicted molar refractivity (Wildman–Crippen MR) is 527 cm³/mol. The van der Waals surface area contributed by atoms with E-state index in [1.807, 2.05) is 425 Å². The van der Waals surface area contributed by atoms with Gasteiger partial charge in [-0.15, -0.1) is 150 Å². The summed E-state index contributed by atoms with van der Waals surface area (Å²) in [5.74, 6) is 0.850. The monoisotopic (exact) mass is 2450 g/mol. The fourth-order valence-electron chi connectivity index (χ4n) is 11.3. The van der Waals surface area contributed by atoms with Crippen molar-refractivity contribution in [1.29, 1.82) is 0 Å². The number of rotatable bonds is 11. The summed E-state index contributed by atoms with van der Waals surface area (Å²) < 4.78 is 0. The molecule has 0 aliphatic rings. The normalized spacial score (nSPS) is 9.33. The molecule has 12 heterocycles. The van der Waals surface area contributed by atoms with Crippen molar-refractivity contribution < 1.29 is 82.7 Å². The Bertz CT molecular complexity index is 5420. The van der Waals surface area contributed by atoms with Crippen LogP contribution in [0.15, 0.2) is 542 Å². The SMILES string of the molecule is CC(C)(c1[c-]cccc1)c1cccc(-c2[c-]cccc2)n1.[Ir+3].[Pt+2].[Pt+2].[Re].[c-]1ccccc1.[c-]1ccccc1.[c-]1ccccc1-c1cccc(-c2[c-]cccc2)n1.[c-]1ccccc1-c1cccc(N(c2[c-]cccc2)c2ccccc2)n1.c1ccc(-c2cccc(-c3ccccn3)n2)nc1.c1ccncc1.c1ccncc1.c1ccncc1.c1ccncc1.c1ccncc1.c1ccncc1. The van der Waals surface area contributed by atoms with Crippen LogP contribution >= 0.6 is 0 Å². The molecule has 13 nitrogen and oxygen atoms in total. The molecule has 0 spiro atoms. The molecule has 0 unspecified atom stereocenters. The number of nitrogens with zero attached hydrogens (tertiary/aromatic N) is 13. The zero-order chi connectivity index (χ0) is 90.0. The Morgan fingerprint density at radius 1 is 0.216 bits per heavy atom. The van der Waals surface area contributed by atoms with Crippen molar-refractivity contribution in [3.8, 4) is 67.8 Å². The number of hydrogen-bond acceptors (Lipinski definition) is 13. The number of pyridine rings is 12. The molecule has 0 saturated heterocycles. The molecule has 665 valence electrons. The molecular formula is C117H95IrN13Pt2Re-. The van der Waals surface area contributed by atoms with E-state index in [-0.39, 0.29) is 88.1 Å². The first-order valence-electron chi connectivity index (χ1n) is 41.8. The van der Waals surface area contributed by atoms with E-state index < -0.39 is 0 Å². The summed E-state index contributed by atoms with van der Waals surface area (Å²) >= 11 is 0. The van der Waals surface area contributed by atoms with Gasteiger partial charge in [0, 0.05) is 124 Å². The van der Waals surface area contributed by atoms with Gasteiger partial charge in [-0.3, -0.25) is 44.9 Å². The third-order valence-corrected chi connectivity index (χ3v) is 17.6. The Balaban J connectivity index is 0.000000234. The van der Waals surface area contributed by atoms with Gasteiger partial charge in [-0.05, 0) is 156 Å². The van der Waals surface area contributed by atoms with Crippen molar-refractivity contribution in [2.24, 2.45) is 0 Å². The van der Waals surface area contributed by atoms with E-state index in [2.05, 4.69) is 147 Å². The molecular weight excluding hydrogens is 2360 g/mol. The van der Waals surface area contributed by atoms with Crippen molar-refractivity contribution in [3.05, 3.63) is 602 Å². The minimum Gasteiger partial charge on any atom is -0.345 e. The molecule has 0 aliphatic heterocycles. The molecule has 0 fully saturated rings. The molecule has 0 bridgehead atoms. The first-order chi connectivity index (χ1) is 64.5. The molecule has 17 heteroatoms. The first kappa shape index (κ1) is 108. The topological polar surface area (TPSA) is 158 Å². The van der Waals surface area contributed by atoms with E-state index in [9.17, 15) is 0 Å². The van der Waals surface area contributed by atoms with Gasteiger partial charge in [-0.2, -0.15) is 133 Å². The maximum atomic E-state index is 4.87. The van der Waals surface area contributed by atoms with Gasteiger partial charge in [0.1, 0.15) is 5.82 Å². The van der Waals surface area contributed by atoms with Crippen LogP contribution in [0.25, 0.3) is 67.8 Å². The molecule has 1 radical (unpaired) electrons. The number of anilines is 3. The molecule has 0 saturated carbocycles. The van der Waals surface area contributed by atoms with Gasteiger partial charge in [0.05, 0.1) is 22.8 Å². The zero-order valence-electron chi connectivity index (χ0n) is 73.5. The van der Waals surface area contributed by atoms with Crippen LogP contribution in [0, 0.1) is 48.5 Å². The first-order valence-corrected chi connectivity index (χ1v) is 41.8. The molecule has 9 aromatic carbocycles. The smallest absolute Gasteiger partial charge is 0.345 e. The molecule has 0 amide bonds. The summed E-state index contributed by atoms with van der Waals surface area (Å²) in [5.41, 5.74) is 15.2. The molecule has 21 aromatic rings. The predicted octanol–water partition coefficient (Wildman–Crippen LogP) is 27.2. The van der Waals surface area contributed by atoms with Crippen LogP contribution in [0.1, 0.15) is 25.1 Å². The largest absolute Gasteiger partial charge is 3.00 e. The fourth-order valence-corrected chi connectivity index (χ4v) is 11.3. The molecule has 12 aromatic heterocycles. The summed E-state index contributed by atoms with van der Waals surface area (Å²) in [6, 6.07) is 172. The van der Waals surface area contributed by atoms with E-state index in [1.165, 1.54) is 0 Å². The van der Waals surface area contributed by atoms with Crippen molar-refractivity contribution in [1.82, 2.24) is 59.8 Å². The van der Waals surface area contributed by atoms with E-state index in [0.29, 0.717) is 0 Å². The maximum Gasteiger partial charge on any atom is 3.00 e. The molecule has 0 N–H and O–H groups in total. The minimum absolute atomic E-state index is 0. The van der Waals surface area contributed by atoms with E-state index in [1.54, 1.807) is 86.8 Å². The Labute approximate surface area is 845 Å². The van der Waals surface area contributed by atoms with Crippen molar-refractivity contribution in [2.75, 3.05) is 4.90 Å². The standard InChI is InChI=1S/C23H16N2.C20H17N.C17H11N.C15H11N3.2C6H5.6C5H5N.Ir.2Pt.Re/c1-4-11-19(12-5-1)22-17-10-18-23(24-22)25(20-13-6-2-7-14-20)21-15-8-3-9-16-21;1-20(2,17-12-7-4-8-13-17)19-15-9-14-18(21-19)16-10-5-3-6-11-16;1-3-8-14(9-4-1)16-12-7-13-17(18-16)15-10-5-2-6-11-15;1-3-10-16-12(6-1)14-8-5-9-15(18-14)13-7-2-4-11-17-13;8*1-2-4-6-5-3-1;;;;/h1-11,13-15,17-18H;3-10,12,14-15H,1-2H3;1-8,10,12-13H;1-11H;8*1-5H;;;;/q3*-2;;2*-1;;;;;;;+3;2*+2;. The summed E-state index contributed by atoms with van der Waals surface area (Å²) in [6.07, 6.45) is 24.5. The number of benzene rings is 9. The molecule has 134 heavy (non-hydrogen) atoms. The Morgan fingerprint density at radius 3 is 0.776 bits per heavy atom. The second kappa shape index (κ2) is 68.3. The summed E-state index contributed by atoms with van der Waals surface area (Å²) in [7, 11) is 0. The van der Waals surface area contributed by atoms with Crippen LogP contribution in [-0.2, 0) is 88.1 Å². The summed E-state index contributed by atoms with van der Waals surface area (Å²) in [5, 5.41) is 0. The van der Waals surface area contributed by atoms with Gasteiger partial charge in [0.15, 0.2) is 0 Å². The molecule has 21 rings (SSSR count). The van der Waals surface area contributed by atoms with E-state index in [0.717, 1.165) is 96.3 Å². The van der Waals surface area contributed by atoms with Crippen LogP contribution in [0.2, 0.25) is 0 Å². The van der Waals surface area contributed by atoms with Crippen LogP contribution in [0.5, 0.6) is 0 Å². The van der Waals surface area contributed by atoms with Gasteiger partial charge >= 0.3 is 62.2 Å². The summed E-state index contributed by atoms with van der Waals surface area (Å²) in [4.78, 5) is 52.4. The van der Waals surface area contributed by atoms with E-state index in [4.69, 9.17) is 9.97 Å². The van der Waals surface area contributed by atoms with Gasteiger partial charge in [-0.25, -0.2) is 4.98 Å². The van der Waals surface area contributed by atoms with Crippen LogP contribution in [-0.4, -0.2) is 59.8 Å². The summed E-state index contributed by atoms with van der Waals surface area (Å²) in [6.45, 7) is 4.36. The Hall–Kier alpha value is -14.7. The van der Waals surface area contributed by atoms with Crippen LogP contribution in [0.3, 0.4) is 0 Å². The van der Waals surface area contributed by atoms with Gasteiger partial charge in [0.25, 0.3) is 0 Å². The Morgan fingerprint density at radius 2 is 0.485 bits per heavy atom. The minimum atomic E-state index is -0.175. The molecule has 0 atom stereocenters. The second-order valence-corrected chi connectivity index (χ2v) is 27.3. The maximum absolute atomic E-state index is 4.87. The average Bonchev–Trinajstić information content (AvgIpc) is 0.804. The second-order valence-electron chi connectivity index (χ2n) is 27.3. The zero-order valence-corrected chi connectivity index (χ0v) is 83.2. The van der Waals surface area contributed by atoms with Gasteiger partial charge in [-0.1, -0.05) is 135 Å². The van der Waals surface area contributed by atoms with E-state index >= 15 is 0 Å². The van der Waals surface area contributed by atoms with Crippen LogP contribution < -0.4 is 4.90 Å². The Kier molecular flexibility index (Phi) is 55.1. The average molecular weight is 2450 g/mol.